The molecule has 0 atom stereocenters. The lowest BCUT2D eigenvalue weighted by Crippen LogP contribution is -2.46. The molecule has 1 aromatic heterocycles. The van der Waals surface area contributed by atoms with E-state index in [1.54, 1.807) is 6.07 Å². The average molecular weight is 395 g/mol. The van der Waals surface area contributed by atoms with Crippen molar-refractivity contribution in [3.05, 3.63) is 41.8 Å². The number of benzene rings is 1. The molecule has 1 aliphatic carbocycles. The predicted octanol–water partition coefficient (Wildman–Crippen LogP) is 3.42. The molecule has 27 heavy (non-hydrogen) atoms. The maximum atomic E-state index is 13.4. The van der Waals surface area contributed by atoms with Gasteiger partial charge in [0.25, 0.3) is 10.2 Å². The van der Waals surface area contributed by atoms with Crippen LogP contribution in [0.3, 0.4) is 0 Å². The fourth-order valence-electron chi connectivity index (χ4n) is 3.71. The smallest absolute Gasteiger partial charge is 0.279 e. The quantitative estimate of drug-likeness (QED) is 0.755. The van der Waals surface area contributed by atoms with Crippen LogP contribution in [0.15, 0.2) is 30.3 Å². The van der Waals surface area contributed by atoms with E-state index in [9.17, 15) is 12.8 Å². The van der Waals surface area contributed by atoms with Crippen molar-refractivity contribution in [2.45, 2.75) is 51.5 Å². The molecule has 0 unspecified atom stereocenters. The minimum atomic E-state index is -3.41. The molecule has 8 heteroatoms. The highest BCUT2D eigenvalue weighted by Gasteiger charge is 2.28. The van der Waals surface area contributed by atoms with Gasteiger partial charge in [-0.25, -0.2) is 4.39 Å². The van der Waals surface area contributed by atoms with Crippen molar-refractivity contribution in [2.75, 3.05) is 13.1 Å². The Hall–Kier alpha value is -1.77. The van der Waals surface area contributed by atoms with Crippen LogP contribution < -0.4 is 4.72 Å². The maximum Gasteiger partial charge on any atom is 0.279 e. The Morgan fingerprint density at radius 1 is 1.19 bits per heavy atom. The van der Waals surface area contributed by atoms with Crippen molar-refractivity contribution in [1.29, 1.82) is 0 Å². The summed E-state index contributed by atoms with van der Waals surface area (Å²) in [5, 5.41) is 7.39. The summed E-state index contributed by atoms with van der Waals surface area (Å²) in [7, 11) is -3.41. The van der Waals surface area contributed by atoms with Crippen LogP contribution in [-0.4, -0.2) is 42.1 Å². The molecule has 0 radical (unpaired) electrons. The summed E-state index contributed by atoms with van der Waals surface area (Å²) in [6.45, 7) is 4.62. The van der Waals surface area contributed by atoms with Crippen LogP contribution in [0.5, 0.6) is 0 Å². The Labute approximate surface area is 160 Å². The van der Waals surface area contributed by atoms with Crippen LogP contribution in [-0.2, 0) is 10.2 Å². The van der Waals surface area contributed by atoms with Crippen LogP contribution in [0.4, 0.5) is 4.39 Å². The third kappa shape index (κ3) is 4.75. The standard InChI is InChI=1S/C19H27FN4O2S/c1-3-24(4-2)27(25,26)23-17-10-8-14(9-11-17)18-13-19(22-21-18)15-6-5-7-16(20)12-15/h5-7,12-14,17,23H,3-4,8-11H2,1-2H3,(H,21,22). The Bertz CT molecular complexity index is 856. The molecule has 1 aliphatic rings. The molecule has 1 saturated carbocycles. The van der Waals surface area contributed by atoms with E-state index in [4.69, 9.17) is 0 Å². The third-order valence-electron chi connectivity index (χ3n) is 5.25. The second-order valence-corrected chi connectivity index (χ2v) is 8.68. The minimum Gasteiger partial charge on any atom is -0.282 e. The molecule has 0 saturated heterocycles. The number of hydrogen-bond acceptors (Lipinski definition) is 3. The first-order valence-electron chi connectivity index (χ1n) is 9.51. The molecule has 6 nitrogen and oxygen atoms in total. The van der Waals surface area contributed by atoms with Crippen LogP contribution in [0.2, 0.25) is 0 Å². The zero-order valence-corrected chi connectivity index (χ0v) is 16.6. The molecule has 2 aromatic rings. The number of nitrogens with one attached hydrogen (secondary N) is 2. The molecule has 1 heterocycles. The summed E-state index contributed by atoms with van der Waals surface area (Å²) in [6.07, 6.45) is 3.35. The van der Waals surface area contributed by atoms with Crippen molar-refractivity contribution in [1.82, 2.24) is 19.2 Å². The van der Waals surface area contributed by atoms with Crippen molar-refractivity contribution < 1.29 is 12.8 Å². The predicted molar refractivity (Wildman–Crippen MR) is 104 cm³/mol. The van der Waals surface area contributed by atoms with Gasteiger partial charge in [-0.3, -0.25) is 5.10 Å². The van der Waals surface area contributed by atoms with E-state index >= 15 is 0 Å². The van der Waals surface area contributed by atoms with E-state index in [2.05, 4.69) is 14.9 Å². The number of aromatic nitrogens is 2. The lowest BCUT2D eigenvalue weighted by molar-refractivity contribution is 0.355. The van der Waals surface area contributed by atoms with Gasteiger partial charge in [-0.2, -0.15) is 22.5 Å². The van der Waals surface area contributed by atoms with Crippen molar-refractivity contribution in [3.8, 4) is 11.3 Å². The molecular formula is C19H27FN4O2S. The van der Waals surface area contributed by atoms with Crippen molar-refractivity contribution >= 4 is 10.2 Å². The van der Waals surface area contributed by atoms with Gasteiger partial charge in [0, 0.05) is 36.3 Å². The topological polar surface area (TPSA) is 78.1 Å². The third-order valence-corrected chi connectivity index (χ3v) is 7.07. The fraction of sp³-hybridized carbons (Fsp3) is 0.526. The normalized spacial score (nSPS) is 20.9. The summed E-state index contributed by atoms with van der Waals surface area (Å²) >= 11 is 0. The van der Waals surface area contributed by atoms with Crippen LogP contribution in [0, 0.1) is 5.82 Å². The summed E-state index contributed by atoms with van der Waals surface area (Å²) < 4.78 is 42.4. The second kappa shape index (κ2) is 8.50. The molecule has 2 N–H and O–H groups in total. The maximum absolute atomic E-state index is 13.4. The van der Waals surface area contributed by atoms with E-state index in [1.807, 2.05) is 26.0 Å². The van der Waals surface area contributed by atoms with Gasteiger partial charge >= 0.3 is 0 Å². The molecule has 3 rings (SSSR count). The Kier molecular flexibility index (Phi) is 6.29. The molecule has 0 aliphatic heterocycles. The Balaban J connectivity index is 1.60. The van der Waals surface area contributed by atoms with Gasteiger partial charge in [-0.05, 0) is 43.9 Å². The number of aromatic amines is 1. The van der Waals surface area contributed by atoms with Gasteiger partial charge in [0.15, 0.2) is 0 Å². The van der Waals surface area contributed by atoms with Crippen LogP contribution in [0.1, 0.15) is 51.1 Å². The highest BCUT2D eigenvalue weighted by atomic mass is 32.2. The van der Waals surface area contributed by atoms with Gasteiger partial charge in [-0.15, -0.1) is 0 Å². The molecule has 1 aromatic carbocycles. The van der Waals surface area contributed by atoms with E-state index < -0.39 is 10.2 Å². The van der Waals surface area contributed by atoms with E-state index in [-0.39, 0.29) is 11.9 Å². The fourth-order valence-corrected chi connectivity index (χ4v) is 5.20. The molecule has 1 fully saturated rings. The van der Waals surface area contributed by atoms with Crippen LogP contribution >= 0.6 is 0 Å². The zero-order valence-electron chi connectivity index (χ0n) is 15.8. The van der Waals surface area contributed by atoms with Crippen molar-refractivity contribution in [2.24, 2.45) is 0 Å². The first-order valence-corrected chi connectivity index (χ1v) is 11.0. The molecule has 0 bridgehead atoms. The van der Waals surface area contributed by atoms with E-state index in [1.165, 1.54) is 16.4 Å². The molecule has 148 valence electrons. The molecule has 0 amide bonds. The SMILES string of the molecule is CCN(CC)S(=O)(=O)NC1CCC(c2cc(-c3cccc(F)c3)n[nH]2)CC1. The first kappa shape index (κ1) is 20.0. The number of H-pyrrole nitrogens is 1. The monoisotopic (exact) mass is 394 g/mol. The largest absolute Gasteiger partial charge is 0.282 e. The summed E-state index contributed by atoms with van der Waals surface area (Å²) in [6, 6.07) is 8.34. The highest BCUT2D eigenvalue weighted by molar-refractivity contribution is 7.87. The summed E-state index contributed by atoms with van der Waals surface area (Å²) in [4.78, 5) is 0. The Morgan fingerprint density at radius 3 is 2.52 bits per heavy atom. The number of hydrogen-bond donors (Lipinski definition) is 2. The first-order chi connectivity index (χ1) is 12.9. The van der Waals surface area contributed by atoms with E-state index in [0.29, 0.717) is 19.0 Å². The van der Waals surface area contributed by atoms with Crippen LogP contribution in [0.25, 0.3) is 11.3 Å². The van der Waals surface area contributed by atoms with Gasteiger partial charge in [0.1, 0.15) is 5.82 Å². The molecular weight excluding hydrogens is 367 g/mol. The highest BCUT2D eigenvalue weighted by Crippen LogP contribution is 2.33. The van der Waals surface area contributed by atoms with Gasteiger partial charge in [-0.1, -0.05) is 26.0 Å². The summed E-state index contributed by atoms with van der Waals surface area (Å²) in [5.41, 5.74) is 2.51. The second-order valence-electron chi connectivity index (χ2n) is 6.97. The summed E-state index contributed by atoms with van der Waals surface area (Å²) in [5.74, 6) is 0.0343. The van der Waals surface area contributed by atoms with Gasteiger partial charge < -0.3 is 0 Å². The van der Waals surface area contributed by atoms with Gasteiger partial charge in [0.05, 0.1) is 5.69 Å². The number of rotatable bonds is 7. The number of halogens is 1. The average Bonchev–Trinajstić information content (AvgIpc) is 3.13. The Morgan fingerprint density at radius 2 is 1.89 bits per heavy atom. The lowest BCUT2D eigenvalue weighted by Gasteiger charge is -2.30. The minimum absolute atomic E-state index is 0.0301. The zero-order chi connectivity index (χ0) is 19.4. The lowest BCUT2D eigenvalue weighted by atomic mass is 9.84. The van der Waals surface area contributed by atoms with Gasteiger partial charge in [0.2, 0.25) is 0 Å². The number of nitrogens with zero attached hydrogens (tertiary/aromatic N) is 2. The molecule has 0 spiro atoms. The van der Waals surface area contributed by atoms with E-state index in [0.717, 1.165) is 42.6 Å². The van der Waals surface area contributed by atoms with Crippen molar-refractivity contribution in [3.63, 3.8) is 0 Å².